The van der Waals surface area contributed by atoms with Crippen LogP contribution < -0.4 is 15.4 Å². The molecule has 0 saturated heterocycles. The number of carbonyl (C=O) groups excluding carboxylic acids is 1. The van der Waals surface area contributed by atoms with Gasteiger partial charge in [0.1, 0.15) is 5.75 Å². The highest BCUT2D eigenvalue weighted by atomic mass is 16.5. The van der Waals surface area contributed by atoms with Crippen molar-refractivity contribution in [3.63, 3.8) is 0 Å². The fourth-order valence-electron chi connectivity index (χ4n) is 1.90. The number of unbranched alkanes of at least 4 members (excludes halogenated alkanes) is 2. The number of urea groups is 1. The Morgan fingerprint density at radius 3 is 2.57 bits per heavy atom. The summed E-state index contributed by atoms with van der Waals surface area (Å²) in [5, 5.41) is 14.0. The average Bonchev–Trinajstić information content (AvgIpc) is 2.49. The van der Waals surface area contributed by atoms with Gasteiger partial charge < -0.3 is 20.5 Å². The molecule has 0 spiro atoms. The lowest BCUT2D eigenvalue weighted by Gasteiger charge is -2.09. The molecule has 0 aliphatic carbocycles. The van der Waals surface area contributed by atoms with Gasteiger partial charge in [-0.1, -0.05) is 25.5 Å². The number of ether oxygens (including phenoxy) is 1. The molecule has 0 saturated carbocycles. The Hall–Kier alpha value is -1.75. The van der Waals surface area contributed by atoms with E-state index in [4.69, 9.17) is 9.84 Å². The maximum Gasteiger partial charge on any atom is 0.317 e. The van der Waals surface area contributed by atoms with Crippen molar-refractivity contribution in [2.75, 3.05) is 19.9 Å². The van der Waals surface area contributed by atoms with E-state index in [1.165, 1.54) is 5.56 Å². The third kappa shape index (κ3) is 8.19. The average molecular weight is 294 g/mol. The first-order valence-corrected chi connectivity index (χ1v) is 7.60. The zero-order valence-electron chi connectivity index (χ0n) is 12.7. The number of nitrogens with one attached hydrogen (secondary N) is 2. The molecule has 118 valence electrons. The van der Waals surface area contributed by atoms with Gasteiger partial charge >= 0.3 is 6.03 Å². The van der Waals surface area contributed by atoms with Gasteiger partial charge in [0.15, 0.2) is 6.73 Å². The first kappa shape index (κ1) is 17.3. The number of rotatable bonds is 10. The van der Waals surface area contributed by atoms with Crippen molar-refractivity contribution in [1.29, 1.82) is 0 Å². The van der Waals surface area contributed by atoms with Crippen LogP contribution in [0.1, 0.15) is 38.2 Å². The molecule has 2 amide bonds. The van der Waals surface area contributed by atoms with Crippen molar-refractivity contribution in [1.82, 2.24) is 10.6 Å². The molecule has 0 heterocycles. The van der Waals surface area contributed by atoms with Gasteiger partial charge in [-0.05, 0) is 43.4 Å². The summed E-state index contributed by atoms with van der Waals surface area (Å²) in [6, 6.07) is 7.68. The molecule has 3 N–H and O–H groups in total. The molecule has 0 unspecified atom stereocenters. The van der Waals surface area contributed by atoms with E-state index in [-0.39, 0.29) is 19.4 Å². The molecule has 0 bridgehead atoms. The third-order valence-electron chi connectivity index (χ3n) is 3.05. The fraction of sp³-hybridized carbons (Fsp3) is 0.562. The molecule has 0 aromatic heterocycles. The molecular weight excluding hydrogens is 268 g/mol. The summed E-state index contributed by atoms with van der Waals surface area (Å²) in [5.74, 6) is 0.748. The van der Waals surface area contributed by atoms with E-state index >= 15 is 0 Å². The first-order chi connectivity index (χ1) is 10.3. The number of aliphatic hydroxyl groups excluding tert-OH is 1. The van der Waals surface area contributed by atoms with Gasteiger partial charge in [0.2, 0.25) is 0 Å². The molecule has 1 aromatic carbocycles. The summed E-state index contributed by atoms with van der Waals surface area (Å²) >= 11 is 0. The van der Waals surface area contributed by atoms with Crippen molar-refractivity contribution >= 4 is 6.03 Å². The number of benzene rings is 1. The minimum Gasteiger partial charge on any atom is -0.473 e. The molecule has 0 radical (unpaired) electrons. The van der Waals surface area contributed by atoms with Crippen LogP contribution in [0.4, 0.5) is 4.79 Å². The summed E-state index contributed by atoms with van der Waals surface area (Å²) < 4.78 is 5.45. The second-order valence-corrected chi connectivity index (χ2v) is 4.90. The largest absolute Gasteiger partial charge is 0.473 e. The summed E-state index contributed by atoms with van der Waals surface area (Å²) in [5.41, 5.74) is 1.29. The Bertz CT molecular complexity index is 393. The van der Waals surface area contributed by atoms with Crippen LogP contribution in [-0.4, -0.2) is 31.0 Å². The van der Waals surface area contributed by atoms with Crippen molar-refractivity contribution in [3.05, 3.63) is 29.8 Å². The van der Waals surface area contributed by atoms with Gasteiger partial charge in [-0.25, -0.2) is 4.79 Å². The van der Waals surface area contributed by atoms with Crippen LogP contribution in [0.3, 0.4) is 0 Å². The standard InChI is InChI=1S/C16H26N2O3/c1-2-6-14-7-9-15(10-8-14)21-13-18-16(20)17-11-4-3-5-12-19/h7-10,19H,2-6,11-13H2,1H3,(H2,17,18,20). The Balaban J connectivity index is 2.10. The lowest BCUT2D eigenvalue weighted by Crippen LogP contribution is -2.38. The molecule has 1 rings (SSSR count). The number of hydrogen-bond donors (Lipinski definition) is 3. The van der Waals surface area contributed by atoms with E-state index in [1.807, 2.05) is 24.3 Å². The smallest absolute Gasteiger partial charge is 0.317 e. The number of amides is 2. The normalized spacial score (nSPS) is 10.2. The molecule has 21 heavy (non-hydrogen) atoms. The highest BCUT2D eigenvalue weighted by Crippen LogP contribution is 2.12. The fourth-order valence-corrected chi connectivity index (χ4v) is 1.90. The van der Waals surface area contributed by atoms with E-state index in [2.05, 4.69) is 17.6 Å². The molecule has 0 atom stereocenters. The van der Waals surface area contributed by atoms with Crippen molar-refractivity contribution in [2.24, 2.45) is 0 Å². The molecule has 0 aliphatic heterocycles. The van der Waals surface area contributed by atoms with Gasteiger partial charge in [-0.15, -0.1) is 0 Å². The first-order valence-electron chi connectivity index (χ1n) is 7.60. The van der Waals surface area contributed by atoms with Crippen LogP contribution in [0.15, 0.2) is 24.3 Å². The minimum atomic E-state index is -0.235. The van der Waals surface area contributed by atoms with E-state index in [9.17, 15) is 4.79 Å². The van der Waals surface area contributed by atoms with Gasteiger partial charge in [0, 0.05) is 13.2 Å². The minimum absolute atomic E-state index is 0.148. The van der Waals surface area contributed by atoms with Gasteiger partial charge in [-0.2, -0.15) is 0 Å². The van der Waals surface area contributed by atoms with Gasteiger partial charge in [-0.3, -0.25) is 0 Å². The summed E-state index contributed by atoms with van der Waals surface area (Å²) in [7, 11) is 0. The monoisotopic (exact) mass is 294 g/mol. The van der Waals surface area contributed by atoms with E-state index < -0.39 is 0 Å². The Morgan fingerprint density at radius 1 is 1.14 bits per heavy atom. The van der Waals surface area contributed by atoms with Crippen LogP contribution in [0.5, 0.6) is 5.75 Å². The molecule has 5 nitrogen and oxygen atoms in total. The maximum atomic E-state index is 11.5. The summed E-state index contributed by atoms with van der Waals surface area (Å²) in [6.45, 7) is 3.11. The topological polar surface area (TPSA) is 70.6 Å². The van der Waals surface area contributed by atoms with E-state index in [1.54, 1.807) is 0 Å². The van der Waals surface area contributed by atoms with Crippen LogP contribution in [0.2, 0.25) is 0 Å². The lowest BCUT2D eigenvalue weighted by molar-refractivity contribution is 0.223. The summed E-state index contributed by atoms with van der Waals surface area (Å²) in [6.07, 6.45) is 4.75. The van der Waals surface area contributed by atoms with E-state index in [0.717, 1.165) is 37.9 Å². The maximum absolute atomic E-state index is 11.5. The Kier molecular flexibility index (Phi) is 9.04. The SMILES string of the molecule is CCCc1ccc(OCNC(=O)NCCCCCO)cc1. The summed E-state index contributed by atoms with van der Waals surface area (Å²) in [4.78, 5) is 11.5. The van der Waals surface area contributed by atoms with Crippen molar-refractivity contribution < 1.29 is 14.6 Å². The van der Waals surface area contributed by atoms with Gasteiger partial charge in [0.05, 0.1) is 0 Å². The van der Waals surface area contributed by atoms with Crippen molar-refractivity contribution in [2.45, 2.75) is 39.0 Å². The van der Waals surface area contributed by atoms with Crippen molar-refractivity contribution in [3.8, 4) is 5.75 Å². The molecule has 0 fully saturated rings. The second-order valence-electron chi connectivity index (χ2n) is 4.90. The van der Waals surface area contributed by atoms with Crippen LogP contribution in [-0.2, 0) is 6.42 Å². The molecule has 1 aromatic rings. The van der Waals surface area contributed by atoms with Crippen LogP contribution in [0.25, 0.3) is 0 Å². The zero-order chi connectivity index (χ0) is 15.3. The lowest BCUT2D eigenvalue weighted by atomic mass is 10.1. The van der Waals surface area contributed by atoms with E-state index in [0.29, 0.717) is 6.54 Å². The molecular formula is C16H26N2O3. The highest BCUT2D eigenvalue weighted by Gasteiger charge is 1.99. The quantitative estimate of drug-likeness (QED) is 0.458. The van der Waals surface area contributed by atoms with Gasteiger partial charge in [0.25, 0.3) is 0 Å². The number of aliphatic hydroxyl groups is 1. The predicted octanol–water partition coefficient (Wildman–Crippen LogP) is 2.44. The number of hydrogen-bond acceptors (Lipinski definition) is 3. The Labute approximate surface area is 126 Å². The number of carbonyl (C=O) groups is 1. The number of aryl methyl sites for hydroxylation is 1. The predicted molar refractivity (Wildman–Crippen MR) is 83.4 cm³/mol. The zero-order valence-corrected chi connectivity index (χ0v) is 12.7. The molecule has 0 aliphatic rings. The Morgan fingerprint density at radius 2 is 1.90 bits per heavy atom. The van der Waals surface area contributed by atoms with Crippen LogP contribution in [0, 0.1) is 0 Å². The molecule has 5 heteroatoms. The highest BCUT2D eigenvalue weighted by molar-refractivity contribution is 5.73. The third-order valence-corrected chi connectivity index (χ3v) is 3.05. The second kappa shape index (κ2) is 11.0. The van der Waals surface area contributed by atoms with Crippen LogP contribution >= 0.6 is 0 Å².